The zero-order valence-corrected chi connectivity index (χ0v) is 9.81. The van der Waals surface area contributed by atoms with Crippen LogP contribution in [0.5, 0.6) is 0 Å². The number of hydrogen-bond acceptors (Lipinski definition) is 3. The highest BCUT2D eigenvalue weighted by atomic mass is 16.7. The molecule has 88 valence electrons. The van der Waals surface area contributed by atoms with E-state index in [0.717, 1.165) is 6.42 Å². The van der Waals surface area contributed by atoms with E-state index >= 15 is 0 Å². The van der Waals surface area contributed by atoms with Crippen molar-refractivity contribution in [2.75, 3.05) is 13.2 Å². The van der Waals surface area contributed by atoms with Gasteiger partial charge in [-0.3, -0.25) is 4.79 Å². The van der Waals surface area contributed by atoms with Crippen molar-refractivity contribution in [3.05, 3.63) is 12.2 Å². The summed E-state index contributed by atoms with van der Waals surface area (Å²) in [6.45, 7) is 5.61. The average Bonchev–Trinajstić information content (AvgIpc) is 2.83. The van der Waals surface area contributed by atoms with Crippen molar-refractivity contribution in [3.63, 3.8) is 0 Å². The van der Waals surface area contributed by atoms with E-state index in [4.69, 9.17) is 9.47 Å². The molecule has 16 heavy (non-hydrogen) atoms. The van der Waals surface area contributed by atoms with Crippen LogP contribution in [0.4, 0.5) is 0 Å². The molecule has 2 fully saturated rings. The van der Waals surface area contributed by atoms with Gasteiger partial charge in [-0.25, -0.2) is 0 Å². The van der Waals surface area contributed by atoms with Crippen molar-refractivity contribution in [3.8, 4) is 0 Å². The second-order valence-corrected chi connectivity index (χ2v) is 5.31. The van der Waals surface area contributed by atoms with Crippen molar-refractivity contribution in [2.24, 2.45) is 23.7 Å². The van der Waals surface area contributed by atoms with Crippen LogP contribution < -0.4 is 0 Å². The number of ketones is 1. The number of rotatable bonds is 0. The third-order valence-electron chi connectivity index (χ3n) is 4.56. The number of fused-ring (bicyclic) bond motifs is 1. The molecule has 1 saturated heterocycles. The minimum Gasteiger partial charge on any atom is -0.347 e. The number of ether oxygens (including phenoxy) is 2. The van der Waals surface area contributed by atoms with Gasteiger partial charge in [-0.15, -0.1) is 0 Å². The zero-order valence-electron chi connectivity index (χ0n) is 9.81. The van der Waals surface area contributed by atoms with E-state index in [2.05, 4.69) is 13.8 Å². The first-order valence-corrected chi connectivity index (χ1v) is 6.14. The van der Waals surface area contributed by atoms with Crippen molar-refractivity contribution >= 4 is 5.78 Å². The van der Waals surface area contributed by atoms with E-state index in [1.165, 1.54) is 0 Å². The lowest BCUT2D eigenvalue weighted by atomic mass is 9.76. The van der Waals surface area contributed by atoms with Gasteiger partial charge < -0.3 is 9.47 Å². The van der Waals surface area contributed by atoms with E-state index in [0.29, 0.717) is 25.0 Å². The van der Waals surface area contributed by atoms with Gasteiger partial charge in [-0.05, 0) is 17.9 Å². The van der Waals surface area contributed by atoms with Crippen molar-refractivity contribution < 1.29 is 14.3 Å². The summed E-state index contributed by atoms with van der Waals surface area (Å²) in [4.78, 5) is 12.0. The Bertz CT molecular complexity index is 341. The fourth-order valence-electron chi connectivity index (χ4n) is 3.61. The van der Waals surface area contributed by atoms with Gasteiger partial charge in [0.1, 0.15) is 0 Å². The van der Waals surface area contributed by atoms with Gasteiger partial charge in [-0.1, -0.05) is 19.9 Å². The molecule has 1 spiro atoms. The molecule has 0 bridgehead atoms. The molecule has 3 heteroatoms. The summed E-state index contributed by atoms with van der Waals surface area (Å²) in [5.74, 6) is 0.915. The predicted octanol–water partition coefficient (Wildman–Crippen LogP) is 1.78. The first kappa shape index (κ1) is 10.5. The second-order valence-electron chi connectivity index (χ2n) is 5.31. The minimum absolute atomic E-state index is 0.0955. The van der Waals surface area contributed by atoms with Crippen LogP contribution in [0.3, 0.4) is 0 Å². The van der Waals surface area contributed by atoms with Crippen LogP contribution in [0.1, 0.15) is 20.3 Å². The Morgan fingerprint density at radius 3 is 2.62 bits per heavy atom. The van der Waals surface area contributed by atoms with Crippen LogP contribution in [0.15, 0.2) is 12.2 Å². The van der Waals surface area contributed by atoms with Gasteiger partial charge in [0, 0.05) is 18.3 Å². The summed E-state index contributed by atoms with van der Waals surface area (Å²) in [6, 6.07) is 0. The lowest BCUT2D eigenvalue weighted by molar-refractivity contribution is -0.183. The van der Waals surface area contributed by atoms with Crippen LogP contribution in [-0.2, 0) is 14.3 Å². The number of carbonyl (C=O) groups is 1. The van der Waals surface area contributed by atoms with E-state index < -0.39 is 5.79 Å². The molecular formula is C13H18O3. The zero-order chi connectivity index (χ0) is 11.3. The standard InChI is InChI=1S/C13H18O3/c1-8-3-4-11(14)12-9(2)13(7-10(8)12)15-5-6-16-13/h3-4,8-10,12H,5-7H2,1-2H3/t8-,9+,10-,12+/m0/s1. The Kier molecular flexibility index (Phi) is 2.23. The molecule has 1 saturated carbocycles. The fraction of sp³-hybridized carbons (Fsp3) is 0.769. The van der Waals surface area contributed by atoms with E-state index in [9.17, 15) is 4.79 Å². The van der Waals surface area contributed by atoms with Gasteiger partial charge >= 0.3 is 0 Å². The maximum Gasteiger partial charge on any atom is 0.172 e. The molecule has 1 heterocycles. The molecule has 3 aliphatic rings. The van der Waals surface area contributed by atoms with Crippen molar-refractivity contribution in [2.45, 2.75) is 26.1 Å². The molecule has 0 aromatic heterocycles. The van der Waals surface area contributed by atoms with Gasteiger partial charge in [0.2, 0.25) is 0 Å². The summed E-state index contributed by atoms with van der Waals surface area (Å²) in [5.41, 5.74) is 0. The highest BCUT2D eigenvalue weighted by Crippen LogP contribution is 2.53. The Hall–Kier alpha value is -0.670. The fourth-order valence-corrected chi connectivity index (χ4v) is 3.61. The van der Waals surface area contributed by atoms with E-state index in [1.54, 1.807) is 6.08 Å². The molecular weight excluding hydrogens is 204 g/mol. The number of carbonyl (C=O) groups excluding carboxylic acids is 1. The van der Waals surface area contributed by atoms with Gasteiger partial charge in [-0.2, -0.15) is 0 Å². The molecule has 2 aliphatic carbocycles. The molecule has 0 aromatic rings. The average molecular weight is 222 g/mol. The predicted molar refractivity (Wildman–Crippen MR) is 58.7 cm³/mol. The molecule has 3 nitrogen and oxygen atoms in total. The molecule has 1 aliphatic heterocycles. The number of allylic oxidation sites excluding steroid dienone is 2. The molecule has 0 unspecified atom stereocenters. The Labute approximate surface area is 95.8 Å². The summed E-state index contributed by atoms with van der Waals surface area (Å²) in [5, 5.41) is 0. The SMILES string of the molecule is C[C@@H]1[C@H]2C(=O)C=C[C@H](C)[C@@H]2CC12OCCO2. The number of hydrogen-bond donors (Lipinski definition) is 0. The van der Waals surface area contributed by atoms with Crippen molar-refractivity contribution in [1.29, 1.82) is 0 Å². The highest BCUT2D eigenvalue weighted by Gasteiger charge is 2.58. The van der Waals surface area contributed by atoms with Crippen molar-refractivity contribution in [1.82, 2.24) is 0 Å². The van der Waals surface area contributed by atoms with Crippen LogP contribution in [0.2, 0.25) is 0 Å². The van der Waals surface area contributed by atoms with Crippen LogP contribution in [0, 0.1) is 23.7 Å². The Balaban J connectivity index is 1.95. The normalized spacial score (nSPS) is 45.2. The molecule has 0 N–H and O–H groups in total. The smallest absolute Gasteiger partial charge is 0.172 e. The van der Waals surface area contributed by atoms with Gasteiger partial charge in [0.25, 0.3) is 0 Å². The monoisotopic (exact) mass is 222 g/mol. The maximum absolute atomic E-state index is 12.0. The van der Waals surface area contributed by atoms with E-state index in [-0.39, 0.29) is 17.6 Å². The summed E-state index contributed by atoms with van der Waals surface area (Å²) < 4.78 is 11.6. The quantitative estimate of drug-likeness (QED) is 0.626. The van der Waals surface area contributed by atoms with E-state index in [1.807, 2.05) is 6.08 Å². The summed E-state index contributed by atoms with van der Waals surface area (Å²) in [6.07, 6.45) is 4.65. The van der Waals surface area contributed by atoms with Crippen LogP contribution in [0.25, 0.3) is 0 Å². The third-order valence-corrected chi connectivity index (χ3v) is 4.56. The largest absolute Gasteiger partial charge is 0.347 e. The lowest BCUT2D eigenvalue weighted by Crippen LogP contribution is -2.36. The highest BCUT2D eigenvalue weighted by molar-refractivity contribution is 5.93. The Morgan fingerprint density at radius 1 is 1.31 bits per heavy atom. The molecule has 3 rings (SSSR count). The first-order chi connectivity index (χ1) is 7.64. The topological polar surface area (TPSA) is 35.5 Å². The summed E-state index contributed by atoms with van der Waals surface area (Å²) >= 11 is 0. The molecule has 0 amide bonds. The maximum atomic E-state index is 12.0. The Morgan fingerprint density at radius 2 is 2.00 bits per heavy atom. The van der Waals surface area contributed by atoms with Crippen LogP contribution in [-0.4, -0.2) is 24.8 Å². The minimum atomic E-state index is -0.467. The lowest BCUT2D eigenvalue weighted by Gasteiger charge is -2.29. The van der Waals surface area contributed by atoms with Gasteiger partial charge in [0.15, 0.2) is 11.6 Å². The van der Waals surface area contributed by atoms with Crippen LogP contribution >= 0.6 is 0 Å². The van der Waals surface area contributed by atoms with Gasteiger partial charge in [0.05, 0.1) is 13.2 Å². The molecule has 4 atom stereocenters. The molecule has 0 radical (unpaired) electrons. The summed E-state index contributed by atoms with van der Waals surface area (Å²) in [7, 11) is 0. The second kappa shape index (κ2) is 3.41. The molecule has 0 aromatic carbocycles. The third kappa shape index (κ3) is 1.25. The first-order valence-electron chi connectivity index (χ1n) is 6.14.